The Hall–Kier alpha value is -4.22. The Morgan fingerprint density at radius 3 is 2.46 bits per heavy atom. The molecule has 0 atom stereocenters. The van der Waals surface area contributed by atoms with Gasteiger partial charge in [-0.15, -0.1) is 0 Å². The van der Waals surface area contributed by atoms with Gasteiger partial charge < -0.3 is 4.74 Å². The highest BCUT2D eigenvalue weighted by Gasteiger charge is 2.14. The molecular weight excluding hydrogens is 458 g/mol. The van der Waals surface area contributed by atoms with Gasteiger partial charge in [0.2, 0.25) is 0 Å². The van der Waals surface area contributed by atoms with E-state index in [1.54, 1.807) is 25.3 Å². The fourth-order valence-electron chi connectivity index (χ4n) is 3.97. The standard InChI is InChI=1S/C29H22ClN3O2/c1-18(20-7-8-22-16-24(35-2)14-11-21(22)15-20)32-33-29(34)26-17-28(19-9-12-23(30)13-10-19)31-27-6-4-3-5-25(26)27/h3-17H,1-2H3,(H,33,34)/b32-18+. The van der Waals surface area contributed by atoms with E-state index in [-0.39, 0.29) is 5.91 Å². The third-order valence-electron chi connectivity index (χ3n) is 5.89. The highest BCUT2D eigenvalue weighted by Crippen LogP contribution is 2.26. The predicted octanol–water partition coefficient (Wildman–Crippen LogP) is 6.87. The van der Waals surface area contributed by atoms with Crippen LogP contribution in [-0.2, 0) is 0 Å². The number of hydrogen-bond donors (Lipinski definition) is 1. The SMILES string of the molecule is COc1ccc2cc(/C(C)=N/NC(=O)c3cc(-c4ccc(Cl)cc4)nc4ccccc34)ccc2c1. The second-order valence-electron chi connectivity index (χ2n) is 8.15. The van der Waals surface area contributed by atoms with Gasteiger partial charge in [-0.2, -0.15) is 5.10 Å². The van der Waals surface area contributed by atoms with E-state index in [4.69, 9.17) is 21.3 Å². The van der Waals surface area contributed by atoms with Crippen molar-refractivity contribution in [2.24, 2.45) is 5.10 Å². The highest BCUT2D eigenvalue weighted by atomic mass is 35.5. The molecule has 1 heterocycles. The number of amides is 1. The van der Waals surface area contributed by atoms with Crippen LogP contribution in [0.3, 0.4) is 0 Å². The summed E-state index contributed by atoms with van der Waals surface area (Å²) in [5, 5.41) is 7.93. The van der Waals surface area contributed by atoms with Crippen molar-refractivity contribution in [3.63, 3.8) is 0 Å². The second kappa shape index (κ2) is 9.57. The molecule has 0 bridgehead atoms. The molecule has 0 saturated heterocycles. The summed E-state index contributed by atoms with van der Waals surface area (Å²) in [4.78, 5) is 18.0. The summed E-state index contributed by atoms with van der Waals surface area (Å²) in [6, 6.07) is 28.7. The van der Waals surface area contributed by atoms with E-state index in [2.05, 4.69) is 10.5 Å². The number of nitrogens with one attached hydrogen (secondary N) is 1. The van der Waals surface area contributed by atoms with Crippen LogP contribution in [0.1, 0.15) is 22.8 Å². The average Bonchev–Trinajstić information content (AvgIpc) is 2.90. The molecule has 0 fully saturated rings. The Morgan fingerprint density at radius 1 is 0.914 bits per heavy atom. The van der Waals surface area contributed by atoms with Gasteiger partial charge in [-0.05, 0) is 65.7 Å². The first kappa shape index (κ1) is 22.6. The number of aromatic nitrogens is 1. The van der Waals surface area contributed by atoms with E-state index in [9.17, 15) is 4.79 Å². The Bertz CT molecular complexity index is 1590. The van der Waals surface area contributed by atoms with Gasteiger partial charge in [0.05, 0.1) is 29.6 Å². The Morgan fingerprint density at radius 2 is 1.66 bits per heavy atom. The zero-order valence-electron chi connectivity index (χ0n) is 19.2. The van der Waals surface area contributed by atoms with Crippen molar-refractivity contribution in [2.45, 2.75) is 6.92 Å². The summed E-state index contributed by atoms with van der Waals surface area (Å²) < 4.78 is 5.30. The molecule has 0 aliphatic heterocycles. The quantitative estimate of drug-likeness (QED) is 0.221. The maximum absolute atomic E-state index is 13.2. The van der Waals surface area contributed by atoms with E-state index >= 15 is 0 Å². The highest BCUT2D eigenvalue weighted by molar-refractivity contribution is 6.30. The first-order valence-corrected chi connectivity index (χ1v) is 11.5. The molecule has 172 valence electrons. The molecule has 1 amide bonds. The Labute approximate surface area is 208 Å². The van der Waals surface area contributed by atoms with Crippen LogP contribution < -0.4 is 10.2 Å². The van der Waals surface area contributed by atoms with Gasteiger partial charge in [-0.3, -0.25) is 4.79 Å². The lowest BCUT2D eigenvalue weighted by Gasteiger charge is -2.10. The lowest BCUT2D eigenvalue weighted by atomic mass is 10.0. The molecule has 6 heteroatoms. The maximum atomic E-state index is 13.2. The van der Waals surface area contributed by atoms with E-state index in [1.807, 2.05) is 79.7 Å². The van der Waals surface area contributed by atoms with Crippen molar-refractivity contribution < 1.29 is 9.53 Å². The number of methoxy groups -OCH3 is 1. The lowest BCUT2D eigenvalue weighted by molar-refractivity contribution is 0.0956. The van der Waals surface area contributed by atoms with E-state index in [1.165, 1.54) is 0 Å². The first-order valence-electron chi connectivity index (χ1n) is 11.1. The van der Waals surface area contributed by atoms with E-state index < -0.39 is 0 Å². The zero-order chi connectivity index (χ0) is 24.4. The normalized spacial score (nSPS) is 11.6. The largest absolute Gasteiger partial charge is 0.497 e. The molecule has 4 aromatic carbocycles. The lowest BCUT2D eigenvalue weighted by Crippen LogP contribution is -2.20. The molecule has 0 aliphatic rings. The molecule has 35 heavy (non-hydrogen) atoms. The number of halogens is 1. The molecule has 0 spiro atoms. The van der Waals surface area contributed by atoms with E-state index in [0.29, 0.717) is 22.0 Å². The van der Waals surface area contributed by atoms with Gasteiger partial charge >= 0.3 is 0 Å². The van der Waals surface area contributed by atoms with Crippen molar-refractivity contribution in [1.29, 1.82) is 0 Å². The van der Waals surface area contributed by atoms with Crippen LogP contribution in [0.2, 0.25) is 5.02 Å². The fourth-order valence-corrected chi connectivity index (χ4v) is 4.09. The number of pyridine rings is 1. The topological polar surface area (TPSA) is 63.6 Å². The Kier molecular flexibility index (Phi) is 6.17. The molecule has 1 N–H and O–H groups in total. The number of fused-ring (bicyclic) bond motifs is 2. The van der Waals surface area contributed by atoms with Crippen molar-refractivity contribution in [1.82, 2.24) is 10.4 Å². The molecule has 0 saturated carbocycles. The molecule has 5 nitrogen and oxygen atoms in total. The second-order valence-corrected chi connectivity index (χ2v) is 8.58. The van der Waals surface area contributed by atoms with Crippen LogP contribution in [0.4, 0.5) is 0 Å². The van der Waals surface area contributed by atoms with Gasteiger partial charge in [0.15, 0.2) is 0 Å². The number of hydrazone groups is 1. The van der Waals surface area contributed by atoms with Crippen LogP contribution >= 0.6 is 11.6 Å². The number of nitrogens with zero attached hydrogens (tertiary/aromatic N) is 2. The van der Waals surface area contributed by atoms with Crippen molar-refractivity contribution in [3.05, 3.63) is 107 Å². The number of rotatable bonds is 5. The monoisotopic (exact) mass is 479 g/mol. The summed E-state index contributed by atoms with van der Waals surface area (Å²) in [5.41, 5.74) is 7.15. The summed E-state index contributed by atoms with van der Waals surface area (Å²) in [5.74, 6) is 0.508. The number of carbonyl (C=O) groups excluding carboxylic acids is 1. The summed E-state index contributed by atoms with van der Waals surface area (Å²) in [6.45, 7) is 1.87. The summed E-state index contributed by atoms with van der Waals surface area (Å²) >= 11 is 6.04. The predicted molar refractivity (Wildman–Crippen MR) is 142 cm³/mol. The van der Waals surface area contributed by atoms with Crippen LogP contribution in [0, 0.1) is 0 Å². The summed E-state index contributed by atoms with van der Waals surface area (Å²) in [6.07, 6.45) is 0. The Balaban J connectivity index is 1.46. The van der Waals surface area contributed by atoms with Gasteiger partial charge in [0, 0.05) is 16.0 Å². The average molecular weight is 480 g/mol. The van der Waals surface area contributed by atoms with Gasteiger partial charge in [-0.25, -0.2) is 10.4 Å². The van der Waals surface area contributed by atoms with Crippen LogP contribution in [0.5, 0.6) is 5.75 Å². The number of ether oxygens (including phenoxy) is 1. The minimum Gasteiger partial charge on any atom is -0.497 e. The van der Waals surface area contributed by atoms with Crippen molar-refractivity contribution in [3.8, 4) is 17.0 Å². The molecule has 0 radical (unpaired) electrons. The van der Waals surface area contributed by atoms with Crippen LogP contribution in [-0.4, -0.2) is 23.7 Å². The summed E-state index contributed by atoms with van der Waals surface area (Å²) in [7, 11) is 1.65. The number of hydrogen-bond acceptors (Lipinski definition) is 4. The van der Waals surface area contributed by atoms with Gasteiger partial charge in [-0.1, -0.05) is 60.1 Å². The third kappa shape index (κ3) is 4.72. The molecule has 5 aromatic rings. The zero-order valence-corrected chi connectivity index (χ0v) is 20.0. The number of para-hydroxylation sites is 1. The molecule has 1 aromatic heterocycles. The fraction of sp³-hybridized carbons (Fsp3) is 0.0690. The van der Waals surface area contributed by atoms with E-state index in [0.717, 1.165) is 38.6 Å². The number of benzene rings is 4. The first-order chi connectivity index (χ1) is 17.0. The molecule has 0 unspecified atom stereocenters. The smallest absolute Gasteiger partial charge is 0.272 e. The van der Waals surface area contributed by atoms with Gasteiger partial charge in [0.25, 0.3) is 5.91 Å². The minimum atomic E-state index is -0.302. The van der Waals surface area contributed by atoms with Crippen LogP contribution in [0.25, 0.3) is 32.9 Å². The maximum Gasteiger partial charge on any atom is 0.272 e. The molecular formula is C29H22ClN3O2. The van der Waals surface area contributed by atoms with Crippen LogP contribution in [0.15, 0.2) is 96.1 Å². The van der Waals surface area contributed by atoms with Gasteiger partial charge in [0.1, 0.15) is 5.75 Å². The molecule has 0 aliphatic carbocycles. The number of carbonyl (C=O) groups is 1. The van der Waals surface area contributed by atoms with Crippen molar-refractivity contribution >= 4 is 44.9 Å². The minimum absolute atomic E-state index is 0.302. The van der Waals surface area contributed by atoms with Crippen molar-refractivity contribution in [2.75, 3.05) is 7.11 Å². The third-order valence-corrected chi connectivity index (χ3v) is 6.14. The molecule has 5 rings (SSSR count).